The number of alkyl halides is 1. The summed E-state index contributed by atoms with van der Waals surface area (Å²) in [6.45, 7) is 9.78. The molecular formula is C8H15BrN2. The molecule has 3 heteroatoms. The van der Waals surface area contributed by atoms with Crippen LogP contribution in [0, 0.1) is 0 Å². The van der Waals surface area contributed by atoms with Crippen molar-refractivity contribution in [1.29, 1.82) is 0 Å². The summed E-state index contributed by atoms with van der Waals surface area (Å²) >= 11 is 3.40. The highest BCUT2D eigenvalue weighted by atomic mass is 79.9. The van der Waals surface area contributed by atoms with Crippen molar-refractivity contribution in [3.8, 4) is 0 Å². The van der Waals surface area contributed by atoms with Crippen LogP contribution in [0.25, 0.3) is 0 Å². The molecule has 0 aromatic rings. The second kappa shape index (κ2) is 5.35. The molecule has 0 bridgehead atoms. The van der Waals surface area contributed by atoms with Crippen LogP contribution in [0.4, 0.5) is 0 Å². The fraction of sp³-hybridized carbons (Fsp3) is 0.625. The van der Waals surface area contributed by atoms with Gasteiger partial charge < -0.3 is 4.90 Å². The zero-order chi connectivity index (χ0) is 8.85. The summed E-state index contributed by atoms with van der Waals surface area (Å²) < 4.78 is 0. The summed E-state index contributed by atoms with van der Waals surface area (Å²) in [6.07, 6.45) is 1.56. The highest BCUT2D eigenvalue weighted by Gasteiger charge is 2.07. The fourth-order valence-corrected chi connectivity index (χ4v) is 1.75. The summed E-state index contributed by atoms with van der Waals surface area (Å²) in [5.74, 6) is 0.992. The molecule has 0 N–H and O–H groups in total. The second-order valence-corrected chi connectivity index (χ2v) is 3.04. The SMILES string of the molecule is C=CN=C(C)N(CBr)C(C)C. The Morgan fingerprint density at radius 2 is 2.27 bits per heavy atom. The maximum absolute atomic E-state index is 4.09. The van der Waals surface area contributed by atoms with Gasteiger partial charge in [0.05, 0.1) is 5.45 Å². The zero-order valence-corrected chi connectivity index (χ0v) is 8.93. The van der Waals surface area contributed by atoms with Gasteiger partial charge in [-0.05, 0) is 20.8 Å². The third kappa shape index (κ3) is 3.56. The van der Waals surface area contributed by atoms with E-state index < -0.39 is 0 Å². The molecule has 11 heavy (non-hydrogen) atoms. The number of hydrogen-bond acceptors (Lipinski definition) is 1. The minimum absolute atomic E-state index is 0.470. The standard InChI is InChI=1S/C8H15BrN2/c1-5-10-8(4)11(6-9)7(2)3/h5,7H,1,6H2,2-4H3. The van der Waals surface area contributed by atoms with E-state index in [4.69, 9.17) is 0 Å². The topological polar surface area (TPSA) is 15.6 Å². The first-order valence-electron chi connectivity index (χ1n) is 3.61. The molecule has 0 aliphatic rings. The van der Waals surface area contributed by atoms with Crippen LogP contribution in [-0.4, -0.2) is 22.2 Å². The fourth-order valence-electron chi connectivity index (χ4n) is 0.804. The van der Waals surface area contributed by atoms with E-state index in [-0.39, 0.29) is 0 Å². The summed E-state index contributed by atoms with van der Waals surface area (Å²) in [6, 6.07) is 0.470. The number of rotatable bonds is 3. The lowest BCUT2D eigenvalue weighted by atomic mass is 10.3. The molecule has 0 amide bonds. The number of amidine groups is 1. The molecule has 0 heterocycles. The van der Waals surface area contributed by atoms with E-state index in [0.717, 1.165) is 11.3 Å². The van der Waals surface area contributed by atoms with Crippen LogP contribution < -0.4 is 0 Å². The highest BCUT2D eigenvalue weighted by molar-refractivity contribution is 9.09. The van der Waals surface area contributed by atoms with Gasteiger partial charge in [-0.15, -0.1) is 0 Å². The lowest BCUT2D eigenvalue weighted by Gasteiger charge is -2.25. The van der Waals surface area contributed by atoms with Crippen molar-refractivity contribution in [3.05, 3.63) is 12.8 Å². The van der Waals surface area contributed by atoms with Crippen molar-refractivity contribution in [2.24, 2.45) is 4.99 Å². The van der Waals surface area contributed by atoms with Crippen LogP contribution in [0.5, 0.6) is 0 Å². The highest BCUT2D eigenvalue weighted by Crippen LogP contribution is 2.02. The second-order valence-electron chi connectivity index (χ2n) is 2.54. The Bertz CT molecular complexity index is 152. The predicted molar refractivity (Wildman–Crippen MR) is 54.1 cm³/mol. The predicted octanol–water partition coefficient (Wildman–Crippen LogP) is 2.61. The van der Waals surface area contributed by atoms with Crippen molar-refractivity contribution < 1.29 is 0 Å². The first-order valence-corrected chi connectivity index (χ1v) is 4.73. The molecule has 0 saturated carbocycles. The summed E-state index contributed by atoms with van der Waals surface area (Å²) in [7, 11) is 0. The molecule has 0 aromatic carbocycles. The Labute approximate surface area is 77.1 Å². The van der Waals surface area contributed by atoms with Gasteiger partial charge >= 0.3 is 0 Å². The third-order valence-electron chi connectivity index (χ3n) is 1.45. The van der Waals surface area contributed by atoms with Crippen molar-refractivity contribution in [2.75, 3.05) is 5.45 Å². The van der Waals surface area contributed by atoms with Crippen molar-refractivity contribution in [1.82, 2.24) is 4.90 Å². The van der Waals surface area contributed by atoms with Crippen molar-refractivity contribution in [3.63, 3.8) is 0 Å². The molecule has 0 rings (SSSR count). The van der Waals surface area contributed by atoms with Gasteiger partial charge in [-0.3, -0.25) is 0 Å². The molecule has 64 valence electrons. The molecule has 0 saturated heterocycles. The van der Waals surface area contributed by atoms with Gasteiger partial charge in [0.25, 0.3) is 0 Å². The van der Waals surface area contributed by atoms with E-state index in [2.05, 4.69) is 46.2 Å². The van der Waals surface area contributed by atoms with Crippen LogP contribution in [0.2, 0.25) is 0 Å². The lowest BCUT2D eigenvalue weighted by Crippen LogP contribution is -2.33. The molecule has 0 atom stereocenters. The summed E-state index contributed by atoms with van der Waals surface area (Å²) in [4.78, 5) is 6.23. The average Bonchev–Trinajstić information content (AvgIpc) is 1.88. The van der Waals surface area contributed by atoms with E-state index in [1.807, 2.05) is 6.92 Å². The van der Waals surface area contributed by atoms with E-state index in [0.29, 0.717) is 6.04 Å². The molecule has 0 aliphatic carbocycles. The van der Waals surface area contributed by atoms with Gasteiger partial charge in [0.1, 0.15) is 5.84 Å². The summed E-state index contributed by atoms with van der Waals surface area (Å²) in [5, 5.41) is 0. The van der Waals surface area contributed by atoms with E-state index in [9.17, 15) is 0 Å². The molecule has 0 spiro atoms. The van der Waals surface area contributed by atoms with Gasteiger partial charge in [0.2, 0.25) is 0 Å². The first kappa shape index (κ1) is 10.7. The largest absolute Gasteiger partial charge is 0.348 e. The van der Waals surface area contributed by atoms with Crippen LogP contribution >= 0.6 is 15.9 Å². The van der Waals surface area contributed by atoms with E-state index >= 15 is 0 Å². The quantitative estimate of drug-likeness (QED) is 0.308. The van der Waals surface area contributed by atoms with Gasteiger partial charge in [0, 0.05) is 12.2 Å². The van der Waals surface area contributed by atoms with Crippen LogP contribution in [0.1, 0.15) is 20.8 Å². The Morgan fingerprint density at radius 3 is 2.55 bits per heavy atom. The number of hydrogen-bond donors (Lipinski definition) is 0. The Kier molecular flexibility index (Phi) is 5.20. The van der Waals surface area contributed by atoms with Crippen molar-refractivity contribution >= 4 is 21.8 Å². The zero-order valence-electron chi connectivity index (χ0n) is 7.34. The molecule has 0 radical (unpaired) electrons. The molecular weight excluding hydrogens is 204 g/mol. The maximum atomic E-state index is 4.09. The van der Waals surface area contributed by atoms with Gasteiger partial charge in [-0.2, -0.15) is 0 Å². The first-order chi connectivity index (χ1) is 5.13. The minimum atomic E-state index is 0.470. The minimum Gasteiger partial charge on any atom is -0.348 e. The van der Waals surface area contributed by atoms with Gasteiger partial charge in [0.15, 0.2) is 0 Å². The van der Waals surface area contributed by atoms with E-state index in [1.54, 1.807) is 6.20 Å². The molecule has 0 fully saturated rings. The smallest absolute Gasteiger partial charge is 0.102 e. The third-order valence-corrected chi connectivity index (χ3v) is 1.99. The normalized spacial score (nSPS) is 11.9. The number of halogens is 1. The van der Waals surface area contributed by atoms with Gasteiger partial charge in [-0.1, -0.05) is 22.5 Å². The molecule has 0 aromatic heterocycles. The Balaban J connectivity index is 4.24. The lowest BCUT2D eigenvalue weighted by molar-refractivity contribution is 0.404. The Morgan fingerprint density at radius 1 is 1.73 bits per heavy atom. The molecule has 0 unspecified atom stereocenters. The van der Waals surface area contributed by atoms with E-state index in [1.165, 1.54) is 0 Å². The summed E-state index contributed by atoms with van der Waals surface area (Å²) in [5.41, 5.74) is 0.813. The average molecular weight is 219 g/mol. The molecule has 0 aliphatic heterocycles. The number of aliphatic imine (C=N–C) groups is 1. The van der Waals surface area contributed by atoms with Crippen LogP contribution in [-0.2, 0) is 0 Å². The monoisotopic (exact) mass is 218 g/mol. The molecule has 2 nitrogen and oxygen atoms in total. The number of nitrogens with zero attached hydrogens (tertiary/aromatic N) is 2. The Hall–Kier alpha value is -0.310. The van der Waals surface area contributed by atoms with Gasteiger partial charge in [-0.25, -0.2) is 4.99 Å². The van der Waals surface area contributed by atoms with Crippen LogP contribution in [0.15, 0.2) is 17.8 Å². The maximum Gasteiger partial charge on any atom is 0.102 e. The van der Waals surface area contributed by atoms with Crippen LogP contribution in [0.3, 0.4) is 0 Å². The van der Waals surface area contributed by atoms with Crippen molar-refractivity contribution in [2.45, 2.75) is 26.8 Å².